The summed E-state index contributed by atoms with van der Waals surface area (Å²) in [7, 11) is -3.65. The van der Waals surface area contributed by atoms with Gasteiger partial charge in [0.15, 0.2) is 5.78 Å². The van der Waals surface area contributed by atoms with Gasteiger partial charge in [-0.1, -0.05) is 18.5 Å². The molecule has 0 radical (unpaired) electrons. The Labute approximate surface area is 166 Å². The number of benzene rings is 2. The largest absolute Gasteiger partial charge is 0.288 e. The van der Waals surface area contributed by atoms with Crippen LogP contribution in [0.25, 0.3) is 11.0 Å². The van der Waals surface area contributed by atoms with Gasteiger partial charge in [0.2, 0.25) is 10.0 Å². The number of ketones is 1. The Kier molecular flexibility index (Phi) is 5.62. The van der Waals surface area contributed by atoms with Crippen molar-refractivity contribution in [2.45, 2.75) is 20.3 Å². The topological polar surface area (TPSA) is 89.0 Å². The van der Waals surface area contributed by atoms with E-state index in [9.17, 15) is 17.6 Å². The Morgan fingerprint density at radius 2 is 1.96 bits per heavy atom. The normalized spacial score (nSPS) is 11.6. The van der Waals surface area contributed by atoms with Gasteiger partial charge in [0, 0.05) is 11.8 Å². The van der Waals surface area contributed by atoms with Gasteiger partial charge in [0.05, 0.1) is 38.8 Å². The van der Waals surface area contributed by atoms with Crippen LogP contribution < -0.4 is 4.72 Å². The first-order valence-corrected chi connectivity index (χ1v) is 10.5. The molecule has 0 bridgehead atoms. The maximum absolute atomic E-state index is 14.4. The van der Waals surface area contributed by atoms with E-state index in [4.69, 9.17) is 11.6 Å². The fourth-order valence-corrected chi connectivity index (χ4v) is 4.20. The molecule has 0 amide bonds. The Morgan fingerprint density at radius 3 is 2.68 bits per heavy atom. The highest BCUT2D eigenvalue weighted by Gasteiger charge is 2.23. The zero-order chi connectivity index (χ0) is 20.5. The predicted molar refractivity (Wildman–Crippen MR) is 107 cm³/mol. The molecular weight excluding hydrogens is 405 g/mol. The van der Waals surface area contributed by atoms with Crippen LogP contribution in [-0.2, 0) is 10.0 Å². The van der Waals surface area contributed by atoms with Gasteiger partial charge in [-0.25, -0.2) is 17.8 Å². The molecule has 3 rings (SSSR count). The van der Waals surface area contributed by atoms with E-state index < -0.39 is 27.2 Å². The lowest BCUT2D eigenvalue weighted by atomic mass is 10.0. The van der Waals surface area contributed by atoms with Crippen molar-refractivity contribution in [3.63, 3.8) is 0 Å². The minimum Gasteiger partial charge on any atom is -0.288 e. The molecule has 28 heavy (non-hydrogen) atoms. The molecule has 0 fully saturated rings. The molecule has 0 spiro atoms. The first-order chi connectivity index (χ1) is 13.2. The molecule has 0 atom stereocenters. The second-order valence-electron chi connectivity index (χ2n) is 6.25. The van der Waals surface area contributed by atoms with Gasteiger partial charge in [-0.3, -0.25) is 14.5 Å². The van der Waals surface area contributed by atoms with Crippen LogP contribution in [0.3, 0.4) is 0 Å². The number of sulfonamides is 1. The van der Waals surface area contributed by atoms with Crippen LogP contribution >= 0.6 is 11.6 Å². The molecule has 1 N–H and O–H groups in total. The van der Waals surface area contributed by atoms with Gasteiger partial charge in [-0.2, -0.15) is 0 Å². The van der Waals surface area contributed by atoms with Crippen molar-refractivity contribution in [1.29, 1.82) is 0 Å². The number of carbonyl (C=O) groups excluding carboxylic acids is 1. The molecule has 3 aromatic rings. The number of anilines is 1. The maximum Gasteiger partial charge on any atom is 0.232 e. The van der Waals surface area contributed by atoms with Crippen LogP contribution in [0, 0.1) is 12.7 Å². The number of aromatic nitrogens is 2. The number of nitrogens with one attached hydrogen (secondary N) is 1. The Morgan fingerprint density at radius 1 is 1.21 bits per heavy atom. The number of aryl methyl sites for hydroxylation is 1. The number of carbonyl (C=O) groups is 1. The molecule has 0 saturated carbocycles. The van der Waals surface area contributed by atoms with Crippen LogP contribution in [0.4, 0.5) is 10.1 Å². The molecule has 0 unspecified atom stereocenters. The summed E-state index contributed by atoms with van der Waals surface area (Å²) in [4.78, 5) is 21.4. The average Bonchev–Trinajstić information content (AvgIpc) is 2.63. The standard InChI is InChI=1S/C19H17ClFN3O3S/c1-3-8-28(26,27)24-15-7-5-13(21)17(18(15)20)19(25)12-4-6-14-16(9-12)23-11(2)10-22-14/h4-7,9-10,24H,3,8H2,1-2H3. The third kappa shape index (κ3) is 4.13. The van der Waals surface area contributed by atoms with E-state index in [-0.39, 0.29) is 22.0 Å². The number of hydrogen-bond donors (Lipinski definition) is 1. The lowest BCUT2D eigenvalue weighted by molar-refractivity contribution is 0.103. The molecule has 0 aliphatic rings. The smallest absolute Gasteiger partial charge is 0.232 e. The second kappa shape index (κ2) is 7.81. The van der Waals surface area contributed by atoms with Crippen LogP contribution in [0.5, 0.6) is 0 Å². The van der Waals surface area contributed by atoms with Crippen molar-refractivity contribution >= 4 is 44.1 Å². The van der Waals surface area contributed by atoms with Crippen molar-refractivity contribution < 1.29 is 17.6 Å². The molecule has 9 heteroatoms. The summed E-state index contributed by atoms with van der Waals surface area (Å²) < 4.78 is 40.7. The zero-order valence-electron chi connectivity index (χ0n) is 15.2. The number of nitrogens with zero attached hydrogens (tertiary/aromatic N) is 2. The first-order valence-electron chi connectivity index (χ1n) is 8.48. The predicted octanol–water partition coefficient (Wildman–Crippen LogP) is 4.11. The van der Waals surface area contributed by atoms with E-state index in [1.165, 1.54) is 18.2 Å². The quantitative estimate of drug-likeness (QED) is 0.605. The van der Waals surface area contributed by atoms with Gasteiger partial charge >= 0.3 is 0 Å². The summed E-state index contributed by atoms with van der Waals surface area (Å²) in [5, 5.41) is -0.292. The Hall–Kier alpha value is -2.58. The summed E-state index contributed by atoms with van der Waals surface area (Å²) in [6.45, 7) is 3.48. The highest BCUT2D eigenvalue weighted by atomic mass is 35.5. The third-order valence-electron chi connectivity index (χ3n) is 3.98. The second-order valence-corrected chi connectivity index (χ2v) is 8.47. The fraction of sp³-hybridized carbons (Fsp3) is 0.211. The molecule has 0 saturated heterocycles. The monoisotopic (exact) mass is 421 g/mol. The summed E-state index contributed by atoms with van der Waals surface area (Å²) in [5.41, 5.74) is 1.47. The van der Waals surface area contributed by atoms with Gasteiger partial charge in [0.25, 0.3) is 0 Å². The number of rotatable bonds is 6. The molecular formula is C19H17ClFN3O3S. The Balaban J connectivity index is 2.05. The molecule has 1 aromatic heterocycles. The Bertz CT molecular complexity index is 1180. The lowest BCUT2D eigenvalue weighted by Gasteiger charge is -2.13. The summed E-state index contributed by atoms with van der Waals surface area (Å²) >= 11 is 6.19. The molecule has 6 nitrogen and oxygen atoms in total. The molecule has 0 aliphatic heterocycles. The molecule has 1 heterocycles. The van der Waals surface area contributed by atoms with E-state index in [2.05, 4.69) is 14.7 Å². The van der Waals surface area contributed by atoms with E-state index in [0.29, 0.717) is 23.1 Å². The highest BCUT2D eigenvalue weighted by Crippen LogP contribution is 2.31. The summed E-state index contributed by atoms with van der Waals surface area (Å²) in [6, 6.07) is 6.80. The highest BCUT2D eigenvalue weighted by molar-refractivity contribution is 7.92. The fourth-order valence-electron chi connectivity index (χ4n) is 2.72. The van der Waals surface area contributed by atoms with Crippen molar-refractivity contribution in [2.24, 2.45) is 0 Å². The lowest BCUT2D eigenvalue weighted by Crippen LogP contribution is -2.17. The third-order valence-corrected chi connectivity index (χ3v) is 5.85. The average molecular weight is 422 g/mol. The molecule has 146 valence electrons. The van der Waals surface area contributed by atoms with Gasteiger partial charge in [-0.05, 0) is 43.7 Å². The number of fused-ring (bicyclic) bond motifs is 1. The first kappa shape index (κ1) is 20.2. The minimum atomic E-state index is -3.65. The van der Waals surface area contributed by atoms with E-state index in [1.54, 1.807) is 26.1 Å². The van der Waals surface area contributed by atoms with Crippen molar-refractivity contribution in [2.75, 3.05) is 10.5 Å². The SMILES string of the molecule is CCCS(=O)(=O)Nc1ccc(F)c(C(=O)c2ccc3ncc(C)nc3c2)c1Cl. The maximum atomic E-state index is 14.4. The zero-order valence-corrected chi connectivity index (χ0v) is 16.7. The minimum absolute atomic E-state index is 0.0451. The number of halogens is 2. The molecule has 2 aromatic carbocycles. The summed E-state index contributed by atoms with van der Waals surface area (Å²) in [5.74, 6) is -1.64. The van der Waals surface area contributed by atoms with E-state index in [1.807, 2.05) is 0 Å². The molecule has 0 aliphatic carbocycles. The van der Waals surface area contributed by atoms with Gasteiger partial charge in [0.1, 0.15) is 5.82 Å². The van der Waals surface area contributed by atoms with Crippen molar-refractivity contribution in [1.82, 2.24) is 9.97 Å². The van der Waals surface area contributed by atoms with Crippen molar-refractivity contribution in [3.8, 4) is 0 Å². The van der Waals surface area contributed by atoms with Crippen molar-refractivity contribution in [3.05, 3.63) is 64.2 Å². The van der Waals surface area contributed by atoms with Gasteiger partial charge < -0.3 is 0 Å². The van der Waals surface area contributed by atoms with Gasteiger partial charge in [-0.15, -0.1) is 0 Å². The van der Waals surface area contributed by atoms with E-state index >= 15 is 0 Å². The van der Waals surface area contributed by atoms with Crippen LogP contribution in [0.1, 0.15) is 35.0 Å². The van der Waals surface area contributed by atoms with Crippen LogP contribution in [0.2, 0.25) is 5.02 Å². The summed E-state index contributed by atoms with van der Waals surface area (Å²) in [6.07, 6.45) is 2.00. The van der Waals surface area contributed by atoms with Crippen LogP contribution in [-0.4, -0.2) is 29.9 Å². The number of hydrogen-bond acceptors (Lipinski definition) is 5. The van der Waals surface area contributed by atoms with Crippen LogP contribution in [0.15, 0.2) is 36.5 Å². The van der Waals surface area contributed by atoms with E-state index in [0.717, 1.165) is 6.07 Å².